The van der Waals surface area contributed by atoms with E-state index >= 15 is 0 Å². The van der Waals surface area contributed by atoms with Gasteiger partial charge in [-0.25, -0.2) is 0 Å². The molecule has 0 unspecified atom stereocenters. The van der Waals surface area contributed by atoms with Crippen LogP contribution in [0.15, 0.2) is 18.2 Å². The van der Waals surface area contributed by atoms with Crippen molar-refractivity contribution in [3.8, 4) is 0 Å². The Morgan fingerprint density at radius 2 is 2.10 bits per heavy atom. The van der Waals surface area contributed by atoms with Gasteiger partial charge >= 0.3 is 0 Å². The molecule has 5 heteroatoms. The summed E-state index contributed by atoms with van der Waals surface area (Å²) in [6, 6.07) is 5.58. The predicted molar refractivity (Wildman–Crippen MR) is 86.0 cm³/mol. The number of nitrogens with zero attached hydrogens (tertiary/aromatic N) is 2. The van der Waals surface area contributed by atoms with Crippen molar-refractivity contribution in [3.05, 3.63) is 28.8 Å². The normalized spacial score (nSPS) is 17.1. The fraction of sp³-hybridized carbons (Fsp3) is 0.533. The van der Waals surface area contributed by atoms with Crippen LogP contribution in [-0.4, -0.2) is 44.5 Å². The van der Waals surface area contributed by atoms with Gasteiger partial charge in [0, 0.05) is 29.9 Å². The third-order valence-corrected chi connectivity index (χ3v) is 4.27. The van der Waals surface area contributed by atoms with Gasteiger partial charge in [0.2, 0.25) is 0 Å². The molecule has 1 aliphatic heterocycles. The minimum atomic E-state index is 0.0673. The Labute approximate surface area is 126 Å². The summed E-state index contributed by atoms with van der Waals surface area (Å²) in [7, 11) is 4.24. The fourth-order valence-electron chi connectivity index (χ4n) is 2.79. The van der Waals surface area contributed by atoms with Gasteiger partial charge in [-0.3, -0.25) is 5.41 Å². The van der Waals surface area contributed by atoms with E-state index in [-0.39, 0.29) is 5.84 Å². The molecule has 4 nitrogen and oxygen atoms in total. The number of nitrogens with one attached hydrogen (secondary N) is 1. The predicted octanol–water partition coefficient (Wildman–Crippen LogP) is 2.40. The molecule has 1 aliphatic rings. The molecule has 0 spiro atoms. The molecule has 1 saturated heterocycles. The monoisotopic (exact) mass is 294 g/mol. The van der Waals surface area contributed by atoms with Crippen LogP contribution in [0.2, 0.25) is 5.02 Å². The Balaban J connectivity index is 2.09. The van der Waals surface area contributed by atoms with E-state index in [1.807, 2.05) is 12.1 Å². The Hall–Kier alpha value is -1.26. The van der Waals surface area contributed by atoms with Crippen molar-refractivity contribution in [1.82, 2.24) is 4.90 Å². The molecular formula is C15H23ClN4. The summed E-state index contributed by atoms with van der Waals surface area (Å²) in [5.74, 6) is 0.768. The average Bonchev–Trinajstić information content (AvgIpc) is 2.41. The van der Waals surface area contributed by atoms with E-state index < -0.39 is 0 Å². The fourth-order valence-corrected chi connectivity index (χ4v) is 2.96. The zero-order valence-corrected chi connectivity index (χ0v) is 13.0. The maximum atomic E-state index is 7.70. The molecule has 2 rings (SSSR count). The zero-order chi connectivity index (χ0) is 14.7. The molecule has 0 saturated carbocycles. The summed E-state index contributed by atoms with van der Waals surface area (Å²) in [6.07, 6.45) is 2.45. The molecule has 0 radical (unpaired) electrons. The number of benzene rings is 1. The number of nitrogens with two attached hydrogens (primary N) is 1. The molecule has 110 valence electrons. The van der Waals surface area contributed by atoms with E-state index in [1.54, 1.807) is 6.07 Å². The van der Waals surface area contributed by atoms with E-state index in [0.717, 1.165) is 12.2 Å². The molecule has 0 bridgehead atoms. The highest BCUT2D eigenvalue weighted by Crippen LogP contribution is 2.26. The molecule has 3 N–H and O–H groups in total. The number of halogens is 1. The first kappa shape index (κ1) is 15.1. The molecule has 20 heavy (non-hydrogen) atoms. The van der Waals surface area contributed by atoms with Crippen LogP contribution >= 0.6 is 11.6 Å². The third kappa shape index (κ3) is 3.64. The van der Waals surface area contributed by atoms with Crippen molar-refractivity contribution in [3.63, 3.8) is 0 Å². The van der Waals surface area contributed by atoms with Gasteiger partial charge in [-0.05, 0) is 57.1 Å². The number of nitrogen functional groups attached to an aromatic ring is 1. The number of hydrogen-bond acceptors (Lipinski definition) is 3. The van der Waals surface area contributed by atoms with Crippen molar-refractivity contribution in [2.45, 2.75) is 12.8 Å². The summed E-state index contributed by atoms with van der Waals surface area (Å²) in [5.41, 5.74) is 7.37. The van der Waals surface area contributed by atoms with Gasteiger partial charge in [0.25, 0.3) is 0 Å². The van der Waals surface area contributed by atoms with Crippen molar-refractivity contribution >= 4 is 23.1 Å². The van der Waals surface area contributed by atoms with Crippen LogP contribution in [-0.2, 0) is 0 Å². The Kier molecular flexibility index (Phi) is 4.89. The quantitative estimate of drug-likeness (QED) is 0.662. The maximum Gasteiger partial charge on any atom is 0.124 e. The third-order valence-electron chi connectivity index (χ3n) is 4.03. The van der Waals surface area contributed by atoms with E-state index in [2.05, 4.69) is 23.9 Å². The van der Waals surface area contributed by atoms with Gasteiger partial charge in [0.15, 0.2) is 0 Å². The molecule has 0 aliphatic carbocycles. The zero-order valence-electron chi connectivity index (χ0n) is 12.2. The average molecular weight is 295 g/mol. The summed E-state index contributed by atoms with van der Waals surface area (Å²) >= 11 is 6.00. The van der Waals surface area contributed by atoms with Crippen LogP contribution in [0.5, 0.6) is 0 Å². The Morgan fingerprint density at radius 3 is 2.70 bits per heavy atom. The molecule has 0 atom stereocenters. The Bertz CT molecular complexity index is 481. The van der Waals surface area contributed by atoms with Crippen molar-refractivity contribution < 1.29 is 0 Å². The van der Waals surface area contributed by atoms with Crippen LogP contribution in [0, 0.1) is 11.3 Å². The summed E-state index contributed by atoms with van der Waals surface area (Å²) < 4.78 is 0. The maximum absolute atomic E-state index is 7.70. The largest absolute Gasteiger partial charge is 0.384 e. The number of piperidine rings is 1. The van der Waals surface area contributed by atoms with E-state index in [0.29, 0.717) is 16.5 Å². The second-order valence-electron chi connectivity index (χ2n) is 5.70. The Morgan fingerprint density at radius 1 is 1.45 bits per heavy atom. The smallest absolute Gasteiger partial charge is 0.124 e. The van der Waals surface area contributed by atoms with Gasteiger partial charge in [0.1, 0.15) is 5.84 Å². The van der Waals surface area contributed by atoms with E-state index in [1.165, 1.54) is 25.9 Å². The molecule has 1 fully saturated rings. The number of likely N-dealkylation sites (tertiary alicyclic amines) is 1. The topological polar surface area (TPSA) is 56.4 Å². The van der Waals surface area contributed by atoms with Gasteiger partial charge in [-0.15, -0.1) is 0 Å². The highest BCUT2D eigenvalue weighted by Gasteiger charge is 2.19. The first-order valence-electron chi connectivity index (χ1n) is 7.01. The minimum Gasteiger partial charge on any atom is -0.384 e. The SMILES string of the molecule is CN1CCC(CN(C)c2ccc(Cl)cc2C(=N)N)CC1. The molecule has 1 aromatic carbocycles. The molecule has 0 amide bonds. The molecular weight excluding hydrogens is 272 g/mol. The second kappa shape index (κ2) is 6.46. The number of anilines is 1. The van der Waals surface area contributed by atoms with Gasteiger partial charge in [-0.2, -0.15) is 0 Å². The van der Waals surface area contributed by atoms with Crippen LogP contribution in [0.1, 0.15) is 18.4 Å². The summed E-state index contributed by atoms with van der Waals surface area (Å²) in [5, 5.41) is 8.32. The van der Waals surface area contributed by atoms with Gasteiger partial charge < -0.3 is 15.5 Å². The summed E-state index contributed by atoms with van der Waals surface area (Å²) in [4.78, 5) is 4.57. The van der Waals surface area contributed by atoms with Crippen LogP contribution in [0.25, 0.3) is 0 Å². The lowest BCUT2D eigenvalue weighted by Crippen LogP contribution is -2.36. The van der Waals surface area contributed by atoms with E-state index in [4.69, 9.17) is 22.7 Å². The van der Waals surface area contributed by atoms with Crippen molar-refractivity contribution in [2.24, 2.45) is 11.7 Å². The van der Waals surface area contributed by atoms with Gasteiger partial charge in [0.05, 0.1) is 0 Å². The minimum absolute atomic E-state index is 0.0673. The highest BCUT2D eigenvalue weighted by atomic mass is 35.5. The number of amidine groups is 1. The van der Waals surface area contributed by atoms with Crippen molar-refractivity contribution in [2.75, 3.05) is 38.6 Å². The lowest BCUT2D eigenvalue weighted by atomic mass is 9.96. The van der Waals surface area contributed by atoms with E-state index in [9.17, 15) is 0 Å². The lowest BCUT2D eigenvalue weighted by molar-refractivity contribution is 0.222. The van der Waals surface area contributed by atoms with Crippen LogP contribution in [0.4, 0.5) is 5.69 Å². The van der Waals surface area contributed by atoms with Crippen LogP contribution < -0.4 is 10.6 Å². The number of hydrogen-bond donors (Lipinski definition) is 2. The van der Waals surface area contributed by atoms with Gasteiger partial charge in [-0.1, -0.05) is 11.6 Å². The summed E-state index contributed by atoms with van der Waals surface area (Å²) in [6.45, 7) is 3.33. The lowest BCUT2D eigenvalue weighted by Gasteiger charge is -2.33. The molecule has 0 aromatic heterocycles. The van der Waals surface area contributed by atoms with Crippen LogP contribution in [0.3, 0.4) is 0 Å². The van der Waals surface area contributed by atoms with Crippen molar-refractivity contribution in [1.29, 1.82) is 5.41 Å². The first-order chi connectivity index (χ1) is 9.47. The molecule has 1 heterocycles. The highest BCUT2D eigenvalue weighted by molar-refractivity contribution is 6.31. The standard InChI is InChI=1S/C15H23ClN4/c1-19-7-5-11(6-8-19)10-20(2)14-4-3-12(16)9-13(14)15(17)18/h3-4,9,11H,5-8,10H2,1-2H3,(H3,17,18). The molecule has 1 aromatic rings. The first-order valence-corrected chi connectivity index (χ1v) is 7.39. The second-order valence-corrected chi connectivity index (χ2v) is 6.14. The number of rotatable bonds is 4.